The molecule has 0 aliphatic rings. The van der Waals surface area contributed by atoms with Gasteiger partial charge >= 0.3 is 0 Å². The number of amides is 1. The first-order valence-corrected chi connectivity index (χ1v) is 9.80. The Morgan fingerprint density at radius 2 is 1.50 bits per heavy atom. The van der Waals surface area contributed by atoms with Crippen molar-refractivity contribution in [1.29, 1.82) is 0 Å². The van der Waals surface area contributed by atoms with E-state index in [1.807, 2.05) is 0 Å². The monoisotopic (exact) mass is 367 g/mol. The van der Waals surface area contributed by atoms with Crippen LogP contribution in [0.4, 0.5) is 0 Å². The van der Waals surface area contributed by atoms with Crippen LogP contribution in [0.1, 0.15) is 64.7 Å². The molecule has 0 aliphatic heterocycles. The van der Waals surface area contributed by atoms with Crippen LogP contribution in [-0.4, -0.2) is 18.2 Å². The Hall–Kier alpha value is -2.20. The SMILES string of the molecule is CC/C=C\CC#CCC#CCC#CCC#CCCCCC(=O)NCCS. The van der Waals surface area contributed by atoms with Gasteiger partial charge in [-0.1, -0.05) is 60.5 Å². The predicted octanol–water partition coefficient (Wildman–Crippen LogP) is 4.13. The molecule has 0 atom stereocenters. The first-order chi connectivity index (χ1) is 12.8. The highest BCUT2D eigenvalue weighted by Crippen LogP contribution is 1.98. The normalized spacial score (nSPS) is 8.85. The van der Waals surface area contributed by atoms with Crippen LogP contribution in [0.2, 0.25) is 0 Å². The molecule has 0 aromatic rings. The molecular weight excluding hydrogens is 338 g/mol. The number of carbonyl (C=O) groups is 1. The van der Waals surface area contributed by atoms with E-state index in [-0.39, 0.29) is 5.91 Å². The molecule has 1 N–H and O–H groups in total. The number of hydrogen-bond donors (Lipinski definition) is 2. The molecule has 0 unspecified atom stereocenters. The van der Waals surface area contributed by atoms with Gasteiger partial charge in [-0.3, -0.25) is 4.79 Å². The largest absolute Gasteiger partial charge is 0.355 e. The Balaban J connectivity index is 3.61. The van der Waals surface area contributed by atoms with Gasteiger partial charge in [-0.15, -0.1) is 5.92 Å². The summed E-state index contributed by atoms with van der Waals surface area (Å²) in [5.41, 5.74) is 0. The van der Waals surface area contributed by atoms with Gasteiger partial charge in [0.1, 0.15) is 0 Å². The molecule has 26 heavy (non-hydrogen) atoms. The van der Waals surface area contributed by atoms with E-state index in [0.29, 0.717) is 38.0 Å². The van der Waals surface area contributed by atoms with Crippen molar-refractivity contribution in [3.8, 4) is 47.4 Å². The van der Waals surface area contributed by atoms with Crippen molar-refractivity contribution >= 4 is 18.5 Å². The van der Waals surface area contributed by atoms with Crippen molar-refractivity contribution in [3.63, 3.8) is 0 Å². The lowest BCUT2D eigenvalue weighted by Crippen LogP contribution is -2.24. The van der Waals surface area contributed by atoms with Crippen molar-refractivity contribution in [2.45, 2.75) is 64.7 Å². The van der Waals surface area contributed by atoms with Crippen LogP contribution in [0.3, 0.4) is 0 Å². The summed E-state index contributed by atoms with van der Waals surface area (Å²) in [6, 6.07) is 0. The van der Waals surface area contributed by atoms with Crippen LogP contribution in [0.25, 0.3) is 0 Å². The van der Waals surface area contributed by atoms with Crippen LogP contribution in [0, 0.1) is 47.4 Å². The summed E-state index contributed by atoms with van der Waals surface area (Å²) in [7, 11) is 0. The zero-order valence-corrected chi connectivity index (χ0v) is 16.7. The highest BCUT2D eigenvalue weighted by Gasteiger charge is 1.98. The van der Waals surface area contributed by atoms with Gasteiger partial charge in [0.15, 0.2) is 0 Å². The first-order valence-electron chi connectivity index (χ1n) is 9.16. The number of unbranched alkanes of at least 4 members (excludes halogenated alkanes) is 2. The summed E-state index contributed by atoms with van der Waals surface area (Å²) in [5.74, 6) is 25.0. The standard InChI is InChI=1S/C23H29NOS/c1-2-3-4-5-6-7-8-9-10-11-12-13-14-15-16-17-18-19-20-23(25)24-21-22-26/h3-4,26H,2,5,8,11,14,17-22H2,1H3,(H,24,25)/b4-3-. The number of allylic oxidation sites excluding steroid dienone is 2. The highest BCUT2D eigenvalue weighted by atomic mass is 32.1. The molecule has 3 heteroatoms. The van der Waals surface area contributed by atoms with Gasteiger partial charge in [-0.25, -0.2) is 0 Å². The molecule has 138 valence electrons. The van der Waals surface area contributed by atoms with Crippen molar-refractivity contribution < 1.29 is 4.79 Å². The molecule has 0 saturated carbocycles. The summed E-state index contributed by atoms with van der Waals surface area (Å²) in [4.78, 5) is 11.4. The number of rotatable bonds is 8. The Labute approximate surface area is 165 Å². The fourth-order valence-electron chi connectivity index (χ4n) is 1.76. The van der Waals surface area contributed by atoms with E-state index in [1.54, 1.807) is 0 Å². The third-order valence-corrected chi connectivity index (χ3v) is 3.27. The molecule has 0 bridgehead atoms. The number of nitrogens with one attached hydrogen (secondary N) is 1. The van der Waals surface area contributed by atoms with Crippen molar-refractivity contribution in [2.75, 3.05) is 12.3 Å². The highest BCUT2D eigenvalue weighted by molar-refractivity contribution is 7.80. The molecule has 0 aromatic heterocycles. The van der Waals surface area contributed by atoms with Gasteiger partial charge in [-0.05, 0) is 19.3 Å². The summed E-state index contributed by atoms with van der Waals surface area (Å²) in [6.45, 7) is 2.74. The molecule has 0 saturated heterocycles. The summed E-state index contributed by atoms with van der Waals surface area (Å²) in [5, 5.41) is 2.80. The molecule has 0 radical (unpaired) electrons. The topological polar surface area (TPSA) is 29.1 Å². The molecule has 2 nitrogen and oxygen atoms in total. The molecule has 0 aliphatic carbocycles. The smallest absolute Gasteiger partial charge is 0.220 e. The number of thiol groups is 1. The molecule has 0 rings (SSSR count). The zero-order valence-electron chi connectivity index (χ0n) is 15.8. The second-order valence-corrected chi connectivity index (χ2v) is 5.76. The molecule has 1 amide bonds. The third kappa shape index (κ3) is 19.8. The molecule has 0 aromatic carbocycles. The number of hydrogen-bond acceptors (Lipinski definition) is 2. The van der Waals surface area contributed by atoms with E-state index in [9.17, 15) is 4.79 Å². The van der Waals surface area contributed by atoms with Gasteiger partial charge < -0.3 is 5.32 Å². The van der Waals surface area contributed by atoms with Crippen LogP contribution in [-0.2, 0) is 4.79 Å². The van der Waals surface area contributed by atoms with Gasteiger partial charge in [-0.2, -0.15) is 12.6 Å². The van der Waals surface area contributed by atoms with Gasteiger partial charge in [0.05, 0.1) is 19.3 Å². The second-order valence-electron chi connectivity index (χ2n) is 5.31. The van der Waals surface area contributed by atoms with E-state index in [2.05, 4.69) is 84.4 Å². The van der Waals surface area contributed by atoms with Gasteiger partial charge in [0.25, 0.3) is 0 Å². The minimum Gasteiger partial charge on any atom is -0.355 e. The summed E-state index contributed by atoms with van der Waals surface area (Å²) < 4.78 is 0. The lowest BCUT2D eigenvalue weighted by molar-refractivity contribution is -0.121. The number of carbonyl (C=O) groups excluding carboxylic acids is 1. The maximum Gasteiger partial charge on any atom is 0.220 e. The zero-order chi connectivity index (χ0) is 19.1. The third-order valence-electron chi connectivity index (χ3n) is 3.04. The predicted molar refractivity (Wildman–Crippen MR) is 114 cm³/mol. The van der Waals surface area contributed by atoms with E-state index < -0.39 is 0 Å². The van der Waals surface area contributed by atoms with E-state index in [0.717, 1.165) is 32.1 Å². The second kappa shape index (κ2) is 20.8. The molecular formula is C23H29NOS. The molecule has 0 spiro atoms. The fraction of sp³-hybridized carbons (Fsp3) is 0.522. The summed E-state index contributed by atoms with van der Waals surface area (Å²) >= 11 is 4.05. The van der Waals surface area contributed by atoms with Crippen LogP contribution in [0.15, 0.2) is 12.2 Å². The van der Waals surface area contributed by atoms with Gasteiger partial charge in [0, 0.05) is 31.6 Å². The van der Waals surface area contributed by atoms with E-state index in [4.69, 9.17) is 0 Å². The Morgan fingerprint density at radius 1 is 0.885 bits per heavy atom. The summed E-state index contributed by atoms with van der Waals surface area (Å²) in [6.07, 6.45) is 11.0. The van der Waals surface area contributed by atoms with Gasteiger partial charge in [0.2, 0.25) is 5.91 Å². The van der Waals surface area contributed by atoms with E-state index >= 15 is 0 Å². The lowest BCUT2D eigenvalue weighted by atomic mass is 10.2. The minimum absolute atomic E-state index is 0.0956. The quantitative estimate of drug-likeness (QED) is 0.287. The average molecular weight is 368 g/mol. The maximum atomic E-state index is 11.4. The lowest BCUT2D eigenvalue weighted by Gasteiger charge is -2.01. The van der Waals surface area contributed by atoms with Crippen molar-refractivity contribution in [3.05, 3.63) is 12.2 Å². The molecule has 0 heterocycles. The van der Waals surface area contributed by atoms with Crippen LogP contribution < -0.4 is 5.32 Å². The Kier molecular flexibility index (Phi) is 19.1. The van der Waals surface area contributed by atoms with E-state index in [1.165, 1.54) is 0 Å². The maximum absolute atomic E-state index is 11.4. The first kappa shape index (κ1) is 23.8. The Morgan fingerprint density at radius 3 is 2.12 bits per heavy atom. The molecule has 0 fully saturated rings. The van der Waals surface area contributed by atoms with Crippen LogP contribution in [0.5, 0.6) is 0 Å². The van der Waals surface area contributed by atoms with Crippen LogP contribution >= 0.6 is 12.6 Å². The Bertz CT molecular complexity index is 647. The van der Waals surface area contributed by atoms with Crippen molar-refractivity contribution in [1.82, 2.24) is 5.32 Å². The minimum atomic E-state index is 0.0956. The fourth-order valence-corrected chi connectivity index (χ4v) is 1.87. The van der Waals surface area contributed by atoms with Crippen molar-refractivity contribution in [2.24, 2.45) is 0 Å². The average Bonchev–Trinajstić information content (AvgIpc) is 2.65.